The highest BCUT2D eigenvalue weighted by Crippen LogP contribution is 2.25. The van der Waals surface area contributed by atoms with Gasteiger partial charge in [0.05, 0.1) is 18.4 Å². The summed E-state index contributed by atoms with van der Waals surface area (Å²) in [5, 5.41) is 7.17. The van der Waals surface area contributed by atoms with Crippen LogP contribution in [-0.4, -0.2) is 30.1 Å². The fourth-order valence-corrected chi connectivity index (χ4v) is 2.94. The summed E-state index contributed by atoms with van der Waals surface area (Å²) in [6.07, 6.45) is 4.81. The van der Waals surface area contributed by atoms with Crippen LogP contribution in [0.5, 0.6) is 5.88 Å². The van der Waals surface area contributed by atoms with E-state index in [1.54, 1.807) is 6.20 Å². The molecule has 138 valence electrons. The lowest BCUT2D eigenvalue weighted by Crippen LogP contribution is -2.27. The molecule has 0 aliphatic rings. The van der Waals surface area contributed by atoms with Crippen LogP contribution in [0.1, 0.15) is 31.0 Å². The molecule has 0 aliphatic carbocycles. The number of aromatic nitrogens is 5. The Balaban J connectivity index is 1.50. The molecule has 1 amide bonds. The highest BCUT2D eigenvalue weighted by Gasteiger charge is 2.16. The lowest BCUT2D eigenvalue weighted by molar-refractivity contribution is 0.196. The van der Waals surface area contributed by atoms with Crippen LogP contribution < -0.4 is 10.1 Å². The number of amides is 1. The number of nitrogens with zero attached hydrogens (tertiary/aromatic N) is 5. The quantitative estimate of drug-likeness (QED) is 0.545. The molecule has 8 nitrogen and oxygen atoms in total. The molecule has 4 aromatic rings. The van der Waals surface area contributed by atoms with E-state index in [2.05, 4.69) is 20.4 Å². The van der Waals surface area contributed by atoms with Crippen molar-refractivity contribution in [3.63, 3.8) is 0 Å². The molecule has 0 saturated heterocycles. The zero-order valence-electron chi connectivity index (χ0n) is 14.8. The van der Waals surface area contributed by atoms with Crippen molar-refractivity contribution in [2.24, 2.45) is 0 Å². The number of rotatable bonds is 4. The van der Waals surface area contributed by atoms with E-state index in [0.29, 0.717) is 5.65 Å². The number of ether oxygens (including phenoxy) is 1. The fourth-order valence-electron chi connectivity index (χ4n) is 2.77. The van der Waals surface area contributed by atoms with Gasteiger partial charge in [-0.05, 0) is 18.1 Å². The lowest BCUT2D eigenvalue weighted by atomic mass is 10.1. The predicted octanol–water partition coefficient (Wildman–Crippen LogP) is 3.44. The first-order chi connectivity index (χ1) is 13.0. The van der Waals surface area contributed by atoms with Crippen molar-refractivity contribution in [2.45, 2.75) is 26.3 Å². The topological polar surface area (TPSA) is 85.8 Å². The van der Waals surface area contributed by atoms with Crippen LogP contribution >= 0.6 is 11.6 Å². The van der Waals surface area contributed by atoms with Crippen LogP contribution in [0.4, 0.5) is 4.79 Å². The summed E-state index contributed by atoms with van der Waals surface area (Å²) in [7, 11) is 0. The first-order valence-corrected chi connectivity index (χ1v) is 8.81. The minimum atomic E-state index is -0.628. The predicted molar refractivity (Wildman–Crippen MR) is 100 cm³/mol. The summed E-state index contributed by atoms with van der Waals surface area (Å²) in [6, 6.07) is 7.16. The van der Waals surface area contributed by atoms with Crippen molar-refractivity contribution in [2.75, 3.05) is 0 Å². The molecule has 0 fully saturated rings. The Morgan fingerprint density at radius 1 is 1.33 bits per heavy atom. The van der Waals surface area contributed by atoms with Crippen molar-refractivity contribution >= 4 is 29.0 Å². The van der Waals surface area contributed by atoms with E-state index in [0.717, 1.165) is 16.9 Å². The monoisotopic (exact) mass is 384 g/mol. The maximum Gasteiger partial charge on any atom is 0.414 e. The number of fused-ring (bicyclic) bond motifs is 2. The van der Waals surface area contributed by atoms with Crippen LogP contribution in [0.25, 0.3) is 11.3 Å². The third-order valence-corrected chi connectivity index (χ3v) is 4.28. The summed E-state index contributed by atoms with van der Waals surface area (Å²) in [5.74, 6) is 0.412. The standard InChI is InChI=1S/C18H17ClN6O2/c1-11(2)13-9-21-25-16(7-14(19)23-17(13)25)27-18(26)20-8-12-10-24-6-4-3-5-15(24)22-12/h3-7,9-11H,8H2,1-2H3,(H,20,26). The van der Waals surface area contributed by atoms with Gasteiger partial charge in [-0.3, -0.25) is 0 Å². The van der Waals surface area contributed by atoms with E-state index in [-0.39, 0.29) is 23.5 Å². The Labute approximate surface area is 159 Å². The highest BCUT2D eigenvalue weighted by molar-refractivity contribution is 6.29. The maximum absolute atomic E-state index is 12.2. The van der Waals surface area contributed by atoms with Crippen molar-refractivity contribution < 1.29 is 9.53 Å². The Morgan fingerprint density at radius 3 is 2.96 bits per heavy atom. The van der Waals surface area contributed by atoms with Crippen molar-refractivity contribution in [1.82, 2.24) is 29.3 Å². The van der Waals surface area contributed by atoms with Crippen LogP contribution in [0.2, 0.25) is 5.15 Å². The van der Waals surface area contributed by atoms with Crippen molar-refractivity contribution in [1.29, 1.82) is 0 Å². The summed E-state index contributed by atoms with van der Waals surface area (Å²) < 4.78 is 8.73. The van der Waals surface area contributed by atoms with Crippen molar-refractivity contribution in [3.05, 3.63) is 59.3 Å². The molecule has 9 heteroatoms. The molecule has 0 spiro atoms. The molecule has 0 unspecified atom stereocenters. The van der Waals surface area contributed by atoms with Gasteiger partial charge in [0.25, 0.3) is 0 Å². The SMILES string of the molecule is CC(C)c1cnn2c(OC(=O)NCc3cn4ccccc4n3)cc(Cl)nc12. The molecule has 1 N–H and O–H groups in total. The van der Waals surface area contributed by atoms with E-state index in [9.17, 15) is 4.79 Å². The number of halogens is 1. The summed E-state index contributed by atoms with van der Waals surface area (Å²) in [5.41, 5.74) is 3.02. The molecule has 4 heterocycles. The number of pyridine rings is 1. The van der Waals surface area contributed by atoms with Gasteiger partial charge in [-0.25, -0.2) is 14.8 Å². The Hall–Kier alpha value is -3.13. The van der Waals surface area contributed by atoms with Crippen molar-refractivity contribution in [3.8, 4) is 5.88 Å². The number of carbonyl (C=O) groups excluding carboxylic acids is 1. The normalized spacial score (nSPS) is 11.4. The molecule has 0 bridgehead atoms. The lowest BCUT2D eigenvalue weighted by Gasteiger charge is -2.08. The molecule has 4 aromatic heterocycles. The second-order valence-corrected chi connectivity index (χ2v) is 6.74. The Kier molecular flexibility index (Phi) is 4.41. The van der Waals surface area contributed by atoms with E-state index in [4.69, 9.17) is 16.3 Å². The number of imidazole rings is 1. The maximum atomic E-state index is 12.2. The summed E-state index contributed by atoms with van der Waals surface area (Å²) in [4.78, 5) is 20.9. The first-order valence-electron chi connectivity index (χ1n) is 8.44. The molecule has 0 saturated carbocycles. The highest BCUT2D eigenvalue weighted by atomic mass is 35.5. The van der Waals surface area contributed by atoms with Gasteiger partial charge in [-0.15, -0.1) is 0 Å². The average molecular weight is 385 g/mol. The second kappa shape index (κ2) is 6.88. The molecule has 0 radical (unpaired) electrons. The molecule has 0 aliphatic heterocycles. The van der Waals surface area contributed by atoms with Gasteiger partial charge in [0.1, 0.15) is 10.8 Å². The second-order valence-electron chi connectivity index (χ2n) is 6.35. The molecule has 4 rings (SSSR count). The van der Waals surface area contributed by atoms with Gasteiger partial charge in [0.15, 0.2) is 5.65 Å². The number of hydrogen-bond acceptors (Lipinski definition) is 5. The van der Waals surface area contributed by atoms with E-state index in [1.165, 1.54) is 10.6 Å². The van der Waals surface area contributed by atoms with Gasteiger partial charge in [-0.2, -0.15) is 9.61 Å². The van der Waals surface area contributed by atoms with E-state index >= 15 is 0 Å². The van der Waals surface area contributed by atoms with Crippen LogP contribution in [-0.2, 0) is 6.54 Å². The molecule has 27 heavy (non-hydrogen) atoms. The van der Waals surface area contributed by atoms with E-state index in [1.807, 2.05) is 48.8 Å². The molecular formula is C18H17ClN6O2. The smallest absolute Gasteiger partial charge is 0.391 e. The largest absolute Gasteiger partial charge is 0.414 e. The van der Waals surface area contributed by atoms with Crippen LogP contribution in [0.3, 0.4) is 0 Å². The van der Waals surface area contributed by atoms with Gasteiger partial charge in [0, 0.05) is 24.0 Å². The van der Waals surface area contributed by atoms with Gasteiger partial charge in [0.2, 0.25) is 5.88 Å². The zero-order valence-corrected chi connectivity index (χ0v) is 15.5. The molecular weight excluding hydrogens is 368 g/mol. The van der Waals surface area contributed by atoms with Crippen LogP contribution in [0, 0.1) is 0 Å². The third-order valence-electron chi connectivity index (χ3n) is 4.08. The Bertz CT molecular complexity index is 1100. The minimum absolute atomic E-state index is 0.199. The summed E-state index contributed by atoms with van der Waals surface area (Å²) in [6.45, 7) is 4.29. The molecule has 0 aromatic carbocycles. The van der Waals surface area contributed by atoms with Gasteiger partial charge in [-0.1, -0.05) is 31.5 Å². The number of nitrogens with one attached hydrogen (secondary N) is 1. The van der Waals surface area contributed by atoms with Gasteiger partial charge < -0.3 is 14.5 Å². The van der Waals surface area contributed by atoms with Gasteiger partial charge >= 0.3 is 6.09 Å². The number of hydrogen-bond donors (Lipinski definition) is 1. The fraction of sp³-hybridized carbons (Fsp3) is 0.222. The first kappa shape index (κ1) is 17.3. The molecule has 0 atom stereocenters. The zero-order chi connectivity index (χ0) is 19.0. The van der Waals surface area contributed by atoms with E-state index < -0.39 is 6.09 Å². The Morgan fingerprint density at radius 2 is 2.19 bits per heavy atom. The third kappa shape index (κ3) is 3.43. The summed E-state index contributed by atoms with van der Waals surface area (Å²) >= 11 is 6.08. The average Bonchev–Trinajstić information content (AvgIpc) is 3.23. The minimum Gasteiger partial charge on any atom is -0.391 e. The van der Waals surface area contributed by atoms with Crippen LogP contribution in [0.15, 0.2) is 42.9 Å². The number of carbonyl (C=O) groups is 1.